The molecule has 66 heavy (non-hydrogen) atoms. The van der Waals surface area contributed by atoms with Crippen LogP contribution in [0.3, 0.4) is 0 Å². The van der Waals surface area contributed by atoms with E-state index in [1.807, 2.05) is 44.2 Å². The third kappa shape index (κ3) is 8.22. The molecule has 4 aliphatic heterocycles. The summed E-state index contributed by atoms with van der Waals surface area (Å²) in [5, 5.41) is 22.0. The number of nitrogens with two attached hydrogens (primary N) is 1. The summed E-state index contributed by atoms with van der Waals surface area (Å²) in [5.41, 5.74) is 11.9. The fraction of sp³-hybridized carbons (Fsp3) is 0.460. The van der Waals surface area contributed by atoms with Crippen molar-refractivity contribution in [3.63, 3.8) is 0 Å². The van der Waals surface area contributed by atoms with Crippen molar-refractivity contribution in [1.82, 2.24) is 29.9 Å². The summed E-state index contributed by atoms with van der Waals surface area (Å²) in [6, 6.07) is 16.0. The van der Waals surface area contributed by atoms with E-state index in [1.165, 1.54) is 4.90 Å². The lowest BCUT2D eigenvalue weighted by Crippen LogP contribution is -2.51. The van der Waals surface area contributed by atoms with Crippen molar-refractivity contribution < 1.29 is 33.0 Å². The third-order valence-electron chi connectivity index (χ3n) is 14.8. The molecule has 346 valence electrons. The number of phenolic OH excluding ortho intramolecular Hbond substituents is 1. The number of nitrogens with zero attached hydrogens (tertiary/aromatic N) is 7. The van der Waals surface area contributed by atoms with Gasteiger partial charge in [0.1, 0.15) is 17.5 Å². The number of halogens is 2. The highest BCUT2D eigenvalue weighted by Crippen LogP contribution is 2.44. The standard InChI is InChI=1S/C50H57F2N9O5/c1-30-25-37(31(2)24-36(30)43-28-59(22-23-66-43)41-26-39(55-56-47(41)53)35-8-3-4-9-42(35)62)48(64)58-20-15-50(52,16-21-58)29-57-17-12-32(13-18-57)38-27-61(33-6-5-7-33)46-34(38)10-11-40(45(46)51)60-19-14-44(63)54-49(60)65/h3-4,8-11,24-27,32-33,43,62H,5-7,12-23,28-29H2,1-2H3,(H2,53,56)(H,54,63,65)/t43-/m1/s1. The van der Waals surface area contributed by atoms with Gasteiger partial charge in [-0.05, 0) is 118 Å². The van der Waals surface area contributed by atoms with E-state index in [4.69, 9.17) is 10.5 Å². The van der Waals surface area contributed by atoms with Crippen molar-refractivity contribution in [2.75, 3.05) is 74.5 Å². The molecule has 5 fully saturated rings. The molecule has 14 nitrogen and oxygen atoms in total. The summed E-state index contributed by atoms with van der Waals surface area (Å²) in [6.45, 7) is 8.03. The maximum Gasteiger partial charge on any atom is 0.328 e. The number of nitrogen functional groups attached to an aromatic ring is 1. The Morgan fingerprint density at radius 2 is 1.70 bits per heavy atom. The molecule has 0 unspecified atom stereocenters. The van der Waals surface area contributed by atoms with Crippen LogP contribution in [-0.2, 0) is 9.53 Å². The largest absolute Gasteiger partial charge is 0.507 e. The Labute approximate surface area is 382 Å². The normalized spacial score (nSPS) is 21.0. The van der Waals surface area contributed by atoms with Gasteiger partial charge in [-0.1, -0.05) is 24.3 Å². The second-order valence-electron chi connectivity index (χ2n) is 19.0. The summed E-state index contributed by atoms with van der Waals surface area (Å²) >= 11 is 0. The first kappa shape index (κ1) is 43.7. The number of amides is 4. The molecule has 5 aliphatic rings. The monoisotopic (exact) mass is 901 g/mol. The second kappa shape index (κ2) is 17.6. The first-order chi connectivity index (χ1) is 31.8. The van der Waals surface area contributed by atoms with Crippen LogP contribution in [0.2, 0.25) is 0 Å². The van der Waals surface area contributed by atoms with Crippen LogP contribution < -0.4 is 20.9 Å². The first-order valence-corrected chi connectivity index (χ1v) is 23.4. The maximum atomic E-state index is 16.6. The van der Waals surface area contributed by atoms with Crippen LogP contribution in [0.5, 0.6) is 5.75 Å². The molecule has 3 aromatic carbocycles. The Hall–Kier alpha value is -6.13. The Kier molecular flexibility index (Phi) is 11.7. The molecule has 4 amide bonds. The van der Waals surface area contributed by atoms with Gasteiger partial charge in [-0.25, -0.2) is 13.6 Å². The van der Waals surface area contributed by atoms with E-state index in [0.29, 0.717) is 67.4 Å². The van der Waals surface area contributed by atoms with Crippen molar-refractivity contribution in [2.45, 2.75) is 88.9 Å². The number of para-hydroxylation sites is 1. The Morgan fingerprint density at radius 3 is 2.42 bits per heavy atom. The topological polar surface area (TPSA) is 162 Å². The molecule has 10 rings (SSSR count). The van der Waals surface area contributed by atoms with Crippen LogP contribution in [0.1, 0.15) is 102 Å². The van der Waals surface area contributed by atoms with Gasteiger partial charge in [-0.2, -0.15) is 0 Å². The quantitative estimate of drug-likeness (QED) is 0.134. The number of carbonyl (C=O) groups is 3. The number of carbonyl (C=O) groups excluding carboxylic acids is 3. The second-order valence-corrected chi connectivity index (χ2v) is 19.0. The number of phenols is 1. The molecule has 4 N–H and O–H groups in total. The predicted octanol–water partition coefficient (Wildman–Crippen LogP) is 7.72. The van der Waals surface area contributed by atoms with Crippen molar-refractivity contribution in [3.8, 4) is 17.0 Å². The Morgan fingerprint density at radius 1 is 0.924 bits per heavy atom. The van der Waals surface area contributed by atoms with E-state index in [2.05, 4.69) is 36.1 Å². The van der Waals surface area contributed by atoms with Crippen molar-refractivity contribution in [1.29, 1.82) is 0 Å². The molecule has 1 aliphatic carbocycles. The van der Waals surface area contributed by atoms with E-state index < -0.39 is 17.5 Å². The molecule has 6 heterocycles. The zero-order chi connectivity index (χ0) is 45.9. The number of ether oxygens (including phenoxy) is 1. The van der Waals surface area contributed by atoms with Gasteiger partial charge in [0.15, 0.2) is 11.6 Å². The minimum atomic E-state index is -1.41. The summed E-state index contributed by atoms with van der Waals surface area (Å²) < 4.78 is 41.5. The molecule has 16 heteroatoms. The number of urea groups is 1. The summed E-state index contributed by atoms with van der Waals surface area (Å²) in [5.74, 6) is -0.311. The van der Waals surface area contributed by atoms with E-state index in [-0.39, 0.29) is 72.9 Å². The van der Waals surface area contributed by atoms with Crippen molar-refractivity contribution in [3.05, 3.63) is 94.4 Å². The lowest BCUT2D eigenvalue weighted by atomic mass is 9.87. The van der Waals surface area contributed by atoms with Crippen LogP contribution in [-0.4, -0.2) is 112 Å². The number of anilines is 3. The number of aryl methyl sites for hydroxylation is 2. The fourth-order valence-electron chi connectivity index (χ4n) is 10.8. The number of imide groups is 1. The van der Waals surface area contributed by atoms with Gasteiger partial charge < -0.3 is 34.8 Å². The van der Waals surface area contributed by atoms with Gasteiger partial charge in [0, 0.05) is 87.3 Å². The zero-order valence-corrected chi connectivity index (χ0v) is 37.6. The summed E-state index contributed by atoms with van der Waals surface area (Å²) in [6.07, 6.45) is 7.15. The molecular formula is C50H57F2N9O5. The number of likely N-dealkylation sites (tertiary alicyclic amines) is 2. The zero-order valence-electron chi connectivity index (χ0n) is 37.6. The number of benzene rings is 3. The number of alkyl halides is 1. The molecule has 0 spiro atoms. The average Bonchev–Trinajstić information content (AvgIpc) is 3.67. The van der Waals surface area contributed by atoms with Gasteiger partial charge in [-0.15, -0.1) is 10.2 Å². The van der Waals surface area contributed by atoms with Gasteiger partial charge in [0.05, 0.1) is 29.2 Å². The maximum absolute atomic E-state index is 16.6. The number of hydrogen-bond donors (Lipinski definition) is 3. The van der Waals surface area contributed by atoms with Gasteiger partial charge >= 0.3 is 6.03 Å². The molecule has 1 saturated carbocycles. The summed E-state index contributed by atoms with van der Waals surface area (Å²) in [4.78, 5) is 45.9. The van der Waals surface area contributed by atoms with E-state index in [0.717, 1.165) is 72.8 Å². The smallest absolute Gasteiger partial charge is 0.328 e. The highest BCUT2D eigenvalue weighted by Gasteiger charge is 2.40. The lowest BCUT2D eigenvalue weighted by Gasteiger charge is -2.41. The molecule has 4 saturated heterocycles. The molecule has 0 bridgehead atoms. The molecule has 0 radical (unpaired) electrons. The molecule has 1 atom stereocenters. The lowest BCUT2D eigenvalue weighted by molar-refractivity contribution is -0.120. The fourth-order valence-corrected chi connectivity index (χ4v) is 10.8. The summed E-state index contributed by atoms with van der Waals surface area (Å²) in [7, 11) is 0. The highest BCUT2D eigenvalue weighted by atomic mass is 19.1. The Bertz CT molecular complexity index is 2710. The highest BCUT2D eigenvalue weighted by molar-refractivity contribution is 6.06. The Balaban J connectivity index is 0.760. The van der Waals surface area contributed by atoms with Crippen LogP contribution in [0.4, 0.5) is 30.8 Å². The molecule has 5 aromatic rings. The number of hydrogen-bond acceptors (Lipinski definition) is 10. The number of aromatic hydroxyl groups is 1. The number of rotatable bonds is 9. The van der Waals surface area contributed by atoms with Crippen molar-refractivity contribution >= 4 is 45.9 Å². The number of morpholine rings is 1. The third-order valence-corrected chi connectivity index (χ3v) is 14.8. The van der Waals surface area contributed by atoms with Crippen LogP contribution in [0.15, 0.2) is 60.8 Å². The molecular weight excluding hydrogens is 845 g/mol. The van der Waals surface area contributed by atoms with Gasteiger partial charge in [0.2, 0.25) is 5.91 Å². The number of aromatic nitrogens is 3. The first-order valence-electron chi connectivity index (χ1n) is 23.4. The van der Waals surface area contributed by atoms with Crippen molar-refractivity contribution in [2.24, 2.45) is 0 Å². The van der Waals surface area contributed by atoms with Crippen LogP contribution >= 0.6 is 0 Å². The van der Waals surface area contributed by atoms with E-state index >= 15 is 8.78 Å². The molecule has 2 aromatic heterocycles. The van der Waals surface area contributed by atoms with Gasteiger partial charge in [-0.3, -0.25) is 19.8 Å². The average molecular weight is 902 g/mol. The van der Waals surface area contributed by atoms with Crippen LogP contribution in [0.25, 0.3) is 22.2 Å². The van der Waals surface area contributed by atoms with Gasteiger partial charge in [0.25, 0.3) is 5.91 Å². The predicted molar refractivity (Wildman–Crippen MR) is 248 cm³/mol. The van der Waals surface area contributed by atoms with Crippen LogP contribution in [0, 0.1) is 19.7 Å². The minimum Gasteiger partial charge on any atom is -0.507 e. The number of piperidine rings is 2. The SMILES string of the molecule is Cc1cc([C@H]2CN(c3cc(-c4ccccc4O)nnc3N)CCO2)c(C)cc1C(=O)N1CCC(F)(CN2CCC(c3cn(C4CCC4)c4c(F)c(N5CCC(=O)NC5=O)ccc34)CC2)CC1. The minimum absolute atomic E-state index is 0.0950. The van der Waals surface area contributed by atoms with E-state index in [9.17, 15) is 19.5 Å². The number of fused-ring (bicyclic) bond motifs is 1. The van der Waals surface area contributed by atoms with E-state index in [1.54, 1.807) is 29.2 Å². The number of nitrogens with one attached hydrogen (secondary N) is 1.